The molecule has 1 saturated heterocycles. The van der Waals surface area contributed by atoms with E-state index in [4.69, 9.17) is 14.2 Å². The molecule has 0 aliphatic carbocycles. The third kappa shape index (κ3) is 5.99. The van der Waals surface area contributed by atoms with E-state index in [1.807, 2.05) is 6.07 Å². The molecular weight excluding hydrogens is 484 g/mol. The van der Waals surface area contributed by atoms with E-state index in [-0.39, 0.29) is 12.2 Å². The fourth-order valence-corrected chi connectivity index (χ4v) is 4.56. The van der Waals surface area contributed by atoms with E-state index in [1.165, 1.54) is 40.1 Å². The van der Waals surface area contributed by atoms with Crippen LogP contribution in [0.25, 0.3) is 0 Å². The number of aromatic nitrogens is 1. The van der Waals surface area contributed by atoms with Crippen LogP contribution in [0.3, 0.4) is 0 Å². The number of hydrogen-bond acceptors (Lipinski definition) is 9. The number of carbonyl (C=O) groups excluding carboxylic acids is 3. The third-order valence-electron chi connectivity index (χ3n) is 6.53. The van der Waals surface area contributed by atoms with Gasteiger partial charge in [-0.3, -0.25) is 14.4 Å². The van der Waals surface area contributed by atoms with E-state index in [1.54, 1.807) is 24.3 Å². The summed E-state index contributed by atoms with van der Waals surface area (Å²) in [6.07, 6.45) is 0.367. The van der Waals surface area contributed by atoms with Crippen molar-refractivity contribution in [3.05, 3.63) is 53.9 Å². The molecule has 0 unspecified atom stereocenters. The van der Waals surface area contributed by atoms with Crippen LogP contribution in [0, 0.1) is 17.3 Å². The molecule has 1 aliphatic rings. The number of ether oxygens (including phenoxy) is 3. The largest absolute Gasteiger partial charge is 0.503 e. The molecule has 11 heteroatoms. The van der Waals surface area contributed by atoms with Crippen LogP contribution in [0.5, 0.6) is 11.5 Å². The van der Waals surface area contributed by atoms with Crippen molar-refractivity contribution in [3.8, 4) is 11.5 Å². The fraction of sp³-hybridized carbons (Fsp3) is 0.423. The van der Waals surface area contributed by atoms with Gasteiger partial charge in [0.25, 0.3) is 5.91 Å². The van der Waals surface area contributed by atoms with Crippen molar-refractivity contribution >= 4 is 23.8 Å². The summed E-state index contributed by atoms with van der Waals surface area (Å²) in [5, 5.41) is 22.6. The Labute approximate surface area is 213 Å². The van der Waals surface area contributed by atoms with Crippen LogP contribution in [-0.2, 0) is 30.3 Å². The number of methoxy groups -OCH3 is 1. The molecule has 1 aromatic heterocycles. The second kappa shape index (κ2) is 11.3. The van der Waals surface area contributed by atoms with Crippen molar-refractivity contribution in [1.82, 2.24) is 10.3 Å². The number of nitrogens with zero attached hydrogens (tertiary/aromatic N) is 1. The number of carbonyl (C=O) groups is 4. The van der Waals surface area contributed by atoms with Crippen molar-refractivity contribution in [2.24, 2.45) is 17.3 Å². The predicted octanol–water partition coefficient (Wildman–Crippen LogP) is 1.97. The quantitative estimate of drug-likeness (QED) is 0.466. The van der Waals surface area contributed by atoms with E-state index in [0.29, 0.717) is 0 Å². The molecule has 11 nitrogen and oxygen atoms in total. The molecule has 1 aromatic carbocycles. The van der Waals surface area contributed by atoms with Crippen molar-refractivity contribution in [2.75, 3.05) is 13.7 Å². The highest BCUT2D eigenvalue weighted by Crippen LogP contribution is 2.40. The molecule has 3 N–H and O–H groups in total. The SMILES string of the molecule is COc1ccnc(C(=O)N[C@H]2COC(=O)[C@H](Cc3ccccc3)[C@H](C(C)(C)C(=O)O)[C@H](C)OC2=O)c1O. The summed E-state index contributed by atoms with van der Waals surface area (Å²) in [5.41, 5.74) is -1.10. The van der Waals surface area contributed by atoms with Crippen LogP contribution in [0.1, 0.15) is 36.8 Å². The van der Waals surface area contributed by atoms with Crippen molar-refractivity contribution < 1.29 is 43.6 Å². The van der Waals surface area contributed by atoms with E-state index in [0.717, 1.165) is 5.56 Å². The highest BCUT2D eigenvalue weighted by atomic mass is 16.6. The molecule has 0 bridgehead atoms. The number of benzene rings is 1. The van der Waals surface area contributed by atoms with Crippen molar-refractivity contribution in [3.63, 3.8) is 0 Å². The molecule has 2 aromatic rings. The average Bonchev–Trinajstić information content (AvgIpc) is 2.89. The zero-order valence-electron chi connectivity index (χ0n) is 21.0. The predicted molar refractivity (Wildman–Crippen MR) is 129 cm³/mol. The first kappa shape index (κ1) is 27.4. The lowest BCUT2D eigenvalue weighted by Gasteiger charge is -2.38. The summed E-state index contributed by atoms with van der Waals surface area (Å²) in [7, 11) is 1.30. The Morgan fingerprint density at radius 3 is 2.46 bits per heavy atom. The smallest absolute Gasteiger partial charge is 0.332 e. The number of esters is 2. The van der Waals surface area contributed by atoms with Gasteiger partial charge >= 0.3 is 17.9 Å². The minimum absolute atomic E-state index is 0.000240. The number of carboxylic acids is 1. The first-order valence-corrected chi connectivity index (χ1v) is 11.6. The van der Waals surface area contributed by atoms with Gasteiger partial charge in [-0.25, -0.2) is 9.78 Å². The summed E-state index contributed by atoms with van der Waals surface area (Å²) in [5.74, 6) is -6.21. The van der Waals surface area contributed by atoms with Gasteiger partial charge in [0, 0.05) is 18.2 Å². The van der Waals surface area contributed by atoms with Crippen LogP contribution >= 0.6 is 0 Å². The molecule has 3 rings (SSSR count). The Morgan fingerprint density at radius 1 is 1.16 bits per heavy atom. The Kier molecular flexibility index (Phi) is 8.36. The first-order chi connectivity index (χ1) is 17.5. The van der Waals surface area contributed by atoms with Crippen LogP contribution in [0.2, 0.25) is 0 Å². The number of rotatable bonds is 7. The number of carboxylic acid groups (broad SMARTS) is 1. The van der Waals surface area contributed by atoms with Gasteiger partial charge < -0.3 is 29.7 Å². The summed E-state index contributed by atoms with van der Waals surface area (Å²) >= 11 is 0. The van der Waals surface area contributed by atoms with E-state index >= 15 is 0 Å². The molecular formula is C26H30N2O9. The zero-order valence-corrected chi connectivity index (χ0v) is 21.0. The zero-order chi connectivity index (χ0) is 27.3. The average molecular weight is 515 g/mol. The molecule has 0 spiro atoms. The van der Waals surface area contributed by atoms with Gasteiger partial charge in [-0.05, 0) is 32.8 Å². The highest BCUT2D eigenvalue weighted by Gasteiger charge is 2.50. The minimum atomic E-state index is -1.47. The minimum Gasteiger partial charge on any atom is -0.503 e. The van der Waals surface area contributed by atoms with Gasteiger partial charge in [-0.2, -0.15) is 0 Å². The lowest BCUT2D eigenvalue weighted by molar-refractivity contribution is -0.168. The van der Waals surface area contributed by atoms with Gasteiger partial charge in [-0.15, -0.1) is 0 Å². The summed E-state index contributed by atoms with van der Waals surface area (Å²) in [6, 6.07) is 8.93. The maximum Gasteiger partial charge on any atom is 0.332 e. The number of pyridine rings is 1. The van der Waals surface area contributed by atoms with Crippen LogP contribution in [0.15, 0.2) is 42.6 Å². The van der Waals surface area contributed by atoms with Gasteiger partial charge in [0.1, 0.15) is 12.7 Å². The lowest BCUT2D eigenvalue weighted by Crippen LogP contribution is -2.48. The number of aromatic hydroxyl groups is 1. The monoisotopic (exact) mass is 514 g/mol. The second-order valence-electron chi connectivity index (χ2n) is 9.36. The first-order valence-electron chi connectivity index (χ1n) is 11.6. The molecule has 4 atom stereocenters. The van der Waals surface area contributed by atoms with Crippen LogP contribution < -0.4 is 10.1 Å². The number of nitrogens with one attached hydrogen (secondary N) is 1. The number of aliphatic carboxylic acids is 1. The normalized spacial score (nSPS) is 22.5. The number of cyclic esters (lactones) is 2. The lowest BCUT2D eigenvalue weighted by atomic mass is 9.67. The maximum atomic E-state index is 13.3. The Bertz CT molecular complexity index is 1170. The van der Waals surface area contributed by atoms with Gasteiger partial charge in [0.15, 0.2) is 23.2 Å². The van der Waals surface area contributed by atoms with E-state index in [9.17, 15) is 29.4 Å². The number of hydrogen-bond donors (Lipinski definition) is 3. The van der Waals surface area contributed by atoms with Gasteiger partial charge in [0.2, 0.25) is 0 Å². The summed E-state index contributed by atoms with van der Waals surface area (Å²) in [4.78, 5) is 55.2. The molecule has 0 saturated carbocycles. The molecule has 37 heavy (non-hydrogen) atoms. The van der Waals surface area contributed by atoms with Crippen molar-refractivity contribution in [2.45, 2.75) is 39.3 Å². The molecule has 1 amide bonds. The molecule has 1 fully saturated rings. The fourth-order valence-electron chi connectivity index (χ4n) is 4.56. The van der Waals surface area contributed by atoms with Crippen molar-refractivity contribution in [1.29, 1.82) is 0 Å². The molecule has 198 valence electrons. The van der Waals surface area contributed by atoms with Crippen LogP contribution in [-0.4, -0.2) is 64.9 Å². The van der Waals surface area contributed by atoms with Crippen LogP contribution in [0.4, 0.5) is 0 Å². The second-order valence-corrected chi connectivity index (χ2v) is 9.36. The standard InChI is InChI=1S/C26H30N2O9/c1-14-19(26(2,3)25(33)34)16(12-15-8-6-5-7-9-15)23(31)36-13-17(24(32)37-14)28-22(30)20-21(29)18(35-4)10-11-27-20/h5-11,14,16-17,19,29H,12-13H2,1-4H3,(H,28,30)(H,33,34)/t14-,16+,17-,19+/m0/s1. The van der Waals surface area contributed by atoms with Gasteiger partial charge in [-0.1, -0.05) is 30.3 Å². The number of amides is 1. The highest BCUT2D eigenvalue weighted by molar-refractivity contribution is 5.98. The summed E-state index contributed by atoms with van der Waals surface area (Å²) in [6.45, 7) is 3.87. The Balaban J connectivity index is 1.93. The maximum absolute atomic E-state index is 13.3. The molecule has 2 heterocycles. The van der Waals surface area contributed by atoms with E-state index in [2.05, 4.69) is 10.3 Å². The molecule has 0 radical (unpaired) electrons. The third-order valence-corrected chi connectivity index (χ3v) is 6.53. The Hall–Kier alpha value is -4.15. The topological polar surface area (TPSA) is 161 Å². The molecule has 1 aliphatic heterocycles. The van der Waals surface area contributed by atoms with Gasteiger partial charge in [0.05, 0.1) is 18.4 Å². The summed E-state index contributed by atoms with van der Waals surface area (Å²) < 4.78 is 16.0. The van der Waals surface area contributed by atoms with E-state index < -0.39 is 71.3 Å². The Morgan fingerprint density at radius 2 is 1.84 bits per heavy atom.